The number of anilines is 1. The van der Waals surface area contributed by atoms with Gasteiger partial charge < -0.3 is 14.6 Å². The minimum atomic E-state index is -1.80. The quantitative estimate of drug-likeness (QED) is 0.829. The van der Waals surface area contributed by atoms with Crippen LogP contribution in [0.1, 0.15) is 39.4 Å². The Labute approximate surface area is 132 Å². The minimum Gasteiger partial charge on any atom is -0.464 e. The highest BCUT2D eigenvalue weighted by Gasteiger charge is 2.24. The number of aliphatic hydroxyl groups excluding tert-OH is 1. The van der Waals surface area contributed by atoms with Crippen LogP contribution in [0.5, 0.6) is 0 Å². The molecule has 1 atom stereocenters. The Morgan fingerprint density at radius 1 is 1.30 bits per heavy atom. The van der Waals surface area contributed by atoms with E-state index in [9.17, 15) is 23.5 Å². The Bertz CT molecular complexity index is 598. The van der Waals surface area contributed by atoms with E-state index in [-0.39, 0.29) is 12.2 Å². The number of aliphatic hydroxyl groups is 1. The second-order valence-corrected chi connectivity index (χ2v) is 5.65. The summed E-state index contributed by atoms with van der Waals surface area (Å²) in [5.41, 5.74) is -1.65. The first kappa shape index (κ1) is 18.8. The van der Waals surface area contributed by atoms with Crippen LogP contribution < -0.4 is 5.32 Å². The highest BCUT2D eigenvalue weighted by molar-refractivity contribution is 5.85. The predicted molar refractivity (Wildman–Crippen MR) is 77.8 cm³/mol. The van der Waals surface area contributed by atoms with Crippen molar-refractivity contribution in [3.8, 4) is 0 Å². The molecule has 0 aliphatic rings. The van der Waals surface area contributed by atoms with E-state index in [1.807, 2.05) is 5.32 Å². The van der Waals surface area contributed by atoms with Crippen molar-refractivity contribution < 1.29 is 33.0 Å². The molecule has 1 amide bonds. The van der Waals surface area contributed by atoms with Crippen LogP contribution in [0.15, 0.2) is 12.1 Å². The van der Waals surface area contributed by atoms with E-state index in [0.29, 0.717) is 6.07 Å². The Morgan fingerprint density at radius 3 is 2.43 bits per heavy atom. The normalized spacial score (nSPS) is 12.5. The maximum Gasteiger partial charge on any atom is 0.412 e. The summed E-state index contributed by atoms with van der Waals surface area (Å²) in [7, 11) is 0. The molecule has 128 valence electrons. The number of ether oxygens (including phenoxy) is 2. The standard InChI is InChI=1S/C15H19F2NO5/c1-5-22-13(20)12(19)8-6-9(16)11(17)10(7-8)18-14(21)23-15(2,3)4/h6-7,12,19H,5H2,1-4H3,(H,18,21). The summed E-state index contributed by atoms with van der Waals surface area (Å²) < 4.78 is 36.9. The molecule has 0 bridgehead atoms. The van der Waals surface area contributed by atoms with Crippen LogP contribution >= 0.6 is 0 Å². The molecule has 1 aromatic carbocycles. The Balaban J connectivity index is 3.05. The molecule has 8 heteroatoms. The van der Waals surface area contributed by atoms with Crippen molar-refractivity contribution in [1.29, 1.82) is 0 Å². The van der Waals surface area contributed by atoms with Gasteiger partial charge in [-0.15, -0.1) is 0 Å². The summed E-state index contributed by atoms with van der Waals surface area (Å²) in [5.74, 6) is -3.69. The van der Waals surface area contributed by atoms with E-state index < -0.39 is 41.1 Å². The van der Waals surface area contributed by atoms with Crippen LogP contribution in [0.3, 0.4) is 0 Å². The fourth-order valence-corrected chi connectivity index (χ4v) is 1.63. The summed E-state index contributed by atoms with van der Waals surface area (Å²) in [6.45, 7) is 6.35. The number of rotatable bonds is 4. The van der Waals surface area contributed by atoms with E-state index in [1.165, 1.54) is 6.92 Å². The number of hydrogen-bond donors (Lipinski definition) is 2. The van der Waals surface area contributed by atoms with Crippen LogP contribution in [0.4, 0.5) is 19.3 Å². The zero-order valence-electron chi connectivity index (χ0n) is 13.3. The Hall–Kier alpha value is -2.22. The fraction of sp³-hybridized carbons (Fsp3) is 0.467. The lowest BCUT2D eigenvalue weighted by Gasteiger charge is -2.20. The predicted octanol–water partition coefficient (Wildman–Crippen LogP) is 2.91. The van der Waals surface area contributed by atoms with Crippen molar-refractivity contribution >= 4 is 17.7 Å². The molecule has 2 N–H and O–H groups in total. The van der Waals surface area contributed by atoms with Gasteiger partial charge in [0.2, 0.25) is 0 Å². The van der Waals surface area contributed by atoms with Gasteiger partial charge in [0.25, 0.3) is 0 Å². The van der Waals surface area contributed by atoms with Gasteiger partial charge in [0.1, 0.15) is 5.60 Å². The Morgan fingerprint density at radius 2 is 1.91 bits per heavy atom. The second kappa shape index (κ2) is 7.36. The fourth-order valence-electron chi connectivity index (χ4n) is 1.63. The molecule has 6 nitrogen and oxygen atoms in total. The first-order valence-electron chi connectivity index (χ1n) is 6.88. The number of esters is 1. The van der Waals surface area contributed by atoms with Crippen LogP contribution in [-0.2, 0) is 14.3 Å². The number of amides is 1. The summed E-state index contributed by atoms with van der Waals surface area (Å²) in [6.07, 6.45) is -2.80. The van der Waals surface area contributed by atoms with Crippen molar-refractivity contribution in [3.63, 3.8) is 0 Å². The maximum absolute atomic E-state index is 13.7. The third-order valence-corrected chi connectivity index (χ3v) is 2.51. The number of nitrogens with one attached hydrogen (secondary N) is 1. The molecule has 0 radical (unpaired) electrons. The average molecular weight is 331 g/mol. The maximum atomic E-state index is 13.7. The van der Waals surface area contributed by atoms with Crippen molar-refractivity contribution in [2.24, 2.45) is 0 Å². The molecule has 0 heterocycles. The first-order valence-corrected chi connectivity index (χ1v) is 6.88. The zero-order valence-corrected chi connectivity index (χ0v) is 13.3. The largest absolute Gasteiger partial charge is 0.464 e. The number of halogens is 2. The van der Waals surface area contributed by atoms with Crippen molar-refractivity contribution in [2.75, 3.05) is 11.9 Å². The summed E-state index contributed by atoms with van der Waals surface area (Å²) in [4.78, 5) is 23.1. The summed E-state index contributed by atoms with van der Waals surface area (Å²) in [5, 5.41) is 11.8. The van der Waals surface area contributed by atoms with E-state index in [2.05, 4.69) is 4.74 Å². The zero-order chi connectivity index (χ0) is 17.8. The van der Waals surface area contributed by atoms with Crippen LogP contribution in [0.2, 0.25) is 0 Å². The van der Waals surface area contributed by atoms with Gasteiger partial charge in [0.15, 0.2) is 17.7 Å². The number of hydrogen-bond acceptors (Lipinski definition) is 5. The van der Waals surface area contributed by atoms with Gasteiger partial charge in [-0.2, -0.15) is 0 Å². The topological polar surface area (TPSA) is 84.9 Å². The van der Waals surface area contributed by atoms with Crippen LogP contribution in [-0.4, -0.2) is 29.4 Å². The molecular weight excluding hydrogens is 312 g/mol. The molecule has 1 unspecified atom stereocenters. The molecule has 0 fully saturated rings. The van der Waals surface area contributed by atoms with Gasteiger partial charge in [-0.3, -0.25) is 5.32 Å². The van der Waals surface area contributed by atoms with Gasteiger partial charge in [0, 0.05) is 0 Å². The number of benzene rings is 1. The number of carbonyl (C=O) groups excluding carboxylic acids is 2. The minimum absolute atomic E-state index is 0.0165. The van der Waals surface area contributed by atoms with Crippen LogP contribution in [0, 0.1) is 11.6 Å². The smallest absolute Gasteiger partial charge is 0.412 e. The van der Waals surface area contributed by atoms with Gasteiger partial charge >= 0.3 is 12.1 Å². The Kier molecular flexibility index (Phi) is 6.03. The molecule has 0 saturated heterocycles. The molecule has 0 aliphatic carbocycles. The van der Waals surface area contributed by atoms with Gasteiger partial charge in [-0.25, -0.2) is 18.4 Å². The average Bonchev–Trinajstić information content (AvgIpc) is 2.41. The summed E-state index contributed by atoms with van der Waals surface area (Å²) in [6, 6.07) is 1.58. The third kappa shape index (κ3) is 5.48. The van der Waals surface area contributed by atoms with Crippen molar-refractivity contribution in [2.45, 2.75) is 39.4 Å². The molecule has 23 heavy (non-hydrogen) atoms. The number of carbonyl (C=O) groups is 2. The van der Waals surface area contributed by atoms with Crippen molar-refractivity contribution in [1.82, 2.24) is 0 Å². The lowest BCUT2D eigenvalue weighted by molar-refractivity contribution is -0.153. The van der Waals surface area contributed by atoms with Crippen LogP contribution in [0.25, 0.3) is 0 Å². The van der Waals surface area contributed by atoms with Gasteiger partial charge in [0.05, 0.1) is 12.3 Å². The van der Waals surface area contributed by atoms with E-state index in [4.69, 9.17) is 4.74 Å². The highest BCUT2D eigenvalue weighted by atomic mass is 19.2. The highest BCUT2D eigenvalue weighted by Crippen LogP contribution is 2.25. The van der Waals surface area contributed by atoms with Gasteiger partial charge in [-0.1, -0.05) is 0 Å². The molecular formula is C15H19F2NO5. The second-order valence-electron chi connectivity index (χ2n) is 5.65. The molecule has 0 aromatic heterocycles. The molecule has 1 aromatic rings. The van der Waals surface area contributed by atoms with E-state index in [1.54, 1.807) is 20.8 Å². The van der Waals surface area contributed by atoms with Gasteiger partial charge in [-0.05, 0) is 45.4 Å². The monoisotopic (exact) mass is 331 g/mol. The van der Waals surface area contributed by atoms with E-state index in [0.717, 1.165) is 6.07 Å². The summed E-state index contributed by atoms with van der Waals surface area (Å²) >= 11 is 0. The van der Waals surface area contributed by atoms with E-state index >= 15 is 0 Å². The van der Waals surface area contributed by atoms with Crippen molar-refractivity contribution in [3.05, 3.63) is 29.3 Å². The molecule has 0 saturated carbocycles. The SMILES string of the molecule is CCOC(=O)C(O)c1cc(F)c(F)c(NC(=O)OC(C)(C)C)c1. The lowest BCUT2D eigenvalue weighted by atomic mass is 10.1. The molecule has 0 spiro atoms. The molecule has 0 aliphatic heterocycles. The lowest BCUT2D eigenvalue weighted by Crippen LogP contribution is -2.27. The third-order valence-electron chi connectivity index (χ3n) is 2.51. The molecule has 1 rings (SSSR count). The first-order chi connectivity index (χ1) is 10.5.